The van der Waals surface area contributed by atoms with Crippen LogP contribution < -0.4 is 0 Å². The quantitative estimate of drug-likeness (QED) is 0.753. The van der Waals surface area contributed by atoms with Crippen molar-refractivity contribution < 1.29 is 10.2 Å². The first-order chi connectivity index (χ1) is 7.74. The second-order valence-corrected chi connectivity index (χ2v) is 3.69. The minimum Gasteiger partial charge on any atom is -0.504 e. The Morgan fingerprint density at radius 2 is 1.56 bits per heavy atom. The summed E-state index contributed by atoms with van der Waals surface area (Å²) in [5.74, 6) is -0.0468. The van der Waals surface area contributed by atoms with Gasteiger partial charge < -0.3 is 10.2 Å². The van der Waals surface area contributed by atoms with Gasteiger partial charge >= 0.3 is 0 Å². The highest BCUT2D eigenvalue weighted by molar-refractivity contribution is 5.74. The van der Waals surface area contributed by atoms with Crippen LogP contribution in [0.2, 0.25) is 0 Å². The van der Waals surface area contributed by atoms with Gasteiger partial charge in [-0.25, -0.2) is 0 Å². The summed E-state index contributed by atoms with van der Waals surface area (Å²) in [6.45, 7) is 1.94. The van der Waals surface area contributed by atoms with Gasteiger partial charge in [0.15, 0.2) is 11.5 Å². The van der Waals surface area contributed by atoms with E-state index in [2.05, 4.69) is 0 Å². The van der Waals surface area contributed by atoms with Crippen LogP contribution in [0.1, 0.15) is 12.5 Å². The van der Waals surface area contributed by atoms with E-state index >= 15 is 0 Å². The van der Waals surface area contributed by atoms with Crippen LogP contribution >= 0.6 is 0 Å². The Kier molecular flexibility index (Phi) is 2.82. The molecule has 0 aromatic heterocycles. The molecule has 2 aromatic rings. The van der Waals surface area contributed by atoms with Crippen LogP contribution in [-0.4, -0.2) is 10.2 Å². The number of phenols is 2. The van der Waals surface area contributed by atoms with Crippen molar-refractivity contribution in [1.29, 1.82) is 0 Å². The van der Waals surface area contributed by atoms with Gasteiger partial charge in [0.1, 0.15) is 0 Å². The van der Waals surface area contributed by atoms with E-state index in [9.17, 15) is 10.2 Å². The molecule has 0 atom stereocenters. The van der Waals surface area contributed by atoms with Crippen LogP contribution in [0.5, 0.6) is 11.5 Å². The number of hydrogen-bond donors (Lipinski definition) is 2. The maximum absolute atomic E-state index is 9.91. The molecule has 0 fully saturated rings. The molecule has 0 radical (unpaired) electrons. The SMILES string of the molecule is CCc1ccc(-c2ccccc2)c(O)c1O. The van der Waals surface area contributed by atoms with Crippen LogP contribution in [0.15, 0.2) is 42.5 Å². The van der Waals surface area contributed by atoms with E-state index in [1.54, 1.807) is 0 Å². The van der Waals surface area contributed by atoms with Gasteiger partial charge in [0, 0.05) is 5.56 Å². The Bertz CT molecular complexity index is 490. The summed E-state index contributed by atoms with van der Waals surface area (Å²) >= 11 is 0. The lowest BCUT2D eigenvalue weighted by Crippen LogP contribution is -1.85. The molecule has 0 unspecified atom stereocenters. The van der Waals surface area contributed by atoms with Crippen molar-refractivity contribution >= 4 is 0 Å². The summed E-state index contributed by atoms with van der Waals surface area (Å²) in [5.41, 5.74) is 2.32. The van der Waals surface area contributed by atoms with E-state index < -0.39 is 0 Å². The van der Waals surface area contributed by atoms with Gasteiger partial charge in [-0.15, -0.1) is 0 Å². The van der Waals surface area contributed by atoms with Gasteiger partial charge in [0.2, 0.25) is 0 Å². The zero-order valence-corrected chi connectivity index (χ0v) is 9.14. The summed E-state index contributed by atoms with van der Waals surface area (Å²) in [6.07, 6.45) is 0.703. The normalized spacial score (nSPS) is 10.3. The summed E-state index contributed by atoms with van der Waals surface area (Å²) in [7, 11) is 0. The Labute approximate surface area is 94.8 Å². The fraction of sp³-hybridized carbons (Fsp3) is 0.143. The molecule has 0 aliphatic rings. The van der Waals surface area contributed by atoms with Crippen molar-refractivity contribution in [2.75, 3.05) is 0 Å². The van der Waals surface area contributed by atoms with E-state index in [-0.39, 0.29) is 11.5 Å². The Morgan fingerprint density at radius 3 is 2.19 bits per heavy atom. The molecule has 0 amide bonds. The third-order valence-corrected chi connectivity index (χ3v) is 2.70. The first-order valence-electron chi connectivity index (χ1n) is 5.33. The number of aromatic hydroxyl groups is 2. The van der Waals surface area contributed by atoms with Gasteiger partial charge in [0.05, 0.1) is 0 Å². The van der Waals surface area contributed by atoms with E-state index in [0.717, 1.165) is 11.1 Å². The maximum Gasteiger partial charge on any atom is 0.165 e. The predicted molar refractivity (Wildman–Crippen MR) is 64.6 cm³/mol. The van der Waals surface area contributed by atoms with Gasteiger partial charge in [-0.2, -0.15) is 0 Å². The third kappa shape index (κ3) is 1.74. The Morgan fingerprint density at radius 1 is 0.875 bits per heavy atom. The summed E-state index contributed by atoms with van der Waals surface area (Å²) < 4.78 is 0. The van der Waals surface area contributed by atoms with Crippen molar-refractivity contribution in [3.63, 3.8) is 0 Å². The molecule has 0 aliphatic heterocycles. The molecule has 2 heteroatoms. The molecule has 2 rings (SSSR count). The molecular formula is C14H14O2. The van der Waals surface area contributed by atoms with E-state index in [1.807, 2.05) is 49.4 Å². The van der Waals surface area contributed by atoms with Crippen molar-refractivity contribution in [3.8, 4) is 22.6 Å². The van der Waals surface area contributed by atoms with Gasteiger partial charge in [-0.1, -0.05) is 49.4 Å². The van der Waals surface area contributed by atoms with E-state index in [1.165, 1.54) is 0 Å². The van der Waals surface area contributed by atoms with Crippen LogP contribution in [0, 0.1) is 0 Å². The monoisotopic (exact) mass is 214 g/mol. The third-order valence-electron chi connectivity index (χ3n) is 2.70. The molecular weight excluding hydrogens is 200 g/mol. The minimum atomic E-state index is -0.0365. The molecule has 0 heterocycles. The van der Waals surface area contributed by atoms with Crippen molar-refractivity contribution in [2.24, 2.45) is 0 Å². The Balaban J connectivity index is 2.56. The Hall–Kier alpha value is -1.96. The van der Waals surface area contributed by atoms with Crippen LogP contribution in [-0.2, 0) is 6.42 Å². The second-order valence-electron chi connectivity index (χ2n) is 3.69. The molecule has 0 saturated carbocycles. The van der Waals surface area contributed by atoms with Crippen LogP contribution in [0.25, 0.3) is 11.1 Å². The second kappa shape index (κ2) is 4.27. The lowest BCUT2D eigenvalue weighted by atomic mass is 10.0. The number of benzene rings is 2. The fourth-order valence-electron chi connectivity index (χ4n) is 1.76. The summed E-state index contributed by atoms with van der Waals surface area (Å²) in [6, 6.07) is 13.2. The molecule has 82 valence electrons. The highest BCUT2D eigenvalue weighted by Gasteiger charge is 2.11. The minimum absolute atomic E-state index is 0.0103. The summed E-state index contributed by atoms with van der Waals surface area (Å²) in [4.78, 5) is 0. The lowest BCUT2D eigenvalue weighted by Gasteiger charge is -2.09. The number of phenolic OH excluding ortho intramolecular Hbond substituents is 2. The average Bonchev–Trinajstić information content (AvgIpc) is 2.34. The molecule has 0 bridgehead atoms. The largest absolute Gasteiger partial charge is 0.504 e. The van der Waals surface area contributed by atoms with Crippen molar-refractivity contribution in [2.45, 2.75) is 13.3 Å². The topological polar surface area (TPSA) is 40.5 Å². The first kappa shape index (κ1) is 10.6. The maximum atomic E-state index is 9.91. The van der Waals surface area contributed by atoms with Gasteiger partial charge in [-0.05, 0) is 17.5 Å². The standard InChI is InChI=1S/C14H14O2/c1-2-10-8-9-12(14(16)13(10)15)11-6-4-3-5-7-11/h3-9,15-16H,2H2,1H3. The zero-order chi connectivity index (χ0) is 11.5. The number of rotatable bonds is 2. The van der Waals surface area contributed by atoms with Gasteiger partial charge in [0.25, 0.3) is 0 Å². The van der Waals surface area contributed by atoms with Crippen LogP contribution in [0.3, 0.4) is 0 Å². The molecule has 2 nitrogen and oxygen atoms in total. The molecule has 0 spiro atoms. The highest BCUT2D eigenvalue weighted by atomic mass is 16.3. The number of hydrogen-bond acceptors (Lipinski definition) is 2. The van der Waals surface area contributed by atoms with Gasteiger partial charge in [-0.3, -0.25) is 0 Å². The molecule has 2 N–H and O–H groups in total. The van der Waals surface area contributed by atoms with E-state index in [0.29, 0.717) is 12.0 Å². The van der Waals surface area contributed by atoms with E-state index in [4.69, 9.17) is 0 Å². The molecule has 0 saturated heterocycles. The molecule has 0 aliphatic carbocycles. The zero-order valence-electron chi connectivity index (χ0n) is 9.14. The fourth-order valence-corrected chi connectivity index (χ4v) is 1.76. The smallest absolute Gasteiger partial charge is 0.165 e. The highest BCUT2D eigenvalue weighted by Crippen LogP contribution is 2.38. The molecule has 2 aromatic carbocycles. The van der Waals surface area contributed by atoms with Crippen molar-refractivity contribution in [1.82, 2.24) is 0 Å². The predicted octanol–water partition coefficient (Wildman–Crippen LogP) is 3.33. The van der Waals surface area contributed by atoms with Crippen molar-refractivity contribution in [3.05, 3.63) is 48.0 Å². The van der Waals surface area contributed by atoms with Crippen LogP contribution in [0.4, 0.5) is 0 Å². The average molecular weight is 214 g/mol. The molecule has 16 heavy (non-hydrogen) atoms. The lowest BCUT2D eigenvalue weighted by molar-refractivity contribution is 0.401. The first-order valence-corrected chi connectivity index (χ1v) is 5.33. The summed E-state index contributed by atoms with van der Waals surface area (Å²) in [5, 5.41) is 19.7. The number of aryl methyl sites for hydroxylation is 1.